The molecule has 0 radical (unpaired) electrons. The average Bonchev–Trinajstić information content (AvgIpc) is 3.07. The molecule has 1 atom stereocenters. The zero-order valence-corrected chi connectivity index (χ0v) is 15.0. The Morgan fingerprint density at radius 3 is 2.62 bits per heavy atom. The molecule has 0 saturated carbocycles. The molecule has 2 rings (SSSR count). The van der Waals surface area contributed by atoms with Gasteiger partial charge in [0.25, 0.3) is 5.91 Å². The van der Waals surface area contributed by atoms with Gasteiger partial charge in [0, 0.05) is 12.1 Å². The molecule has 1 aromatic carbocycles. The van der Waals surface area contributed by atoms with Gasteiger partial charge in [-0.1, -0.05) is 24.3 Å². The summed E-state index contributed by atoms with van der Waals surface area (Å²) in [7, 11) is -3.65. The van der Waals surface area contributed by atoms with Crippen molar-refractivity contribution >= 4 is 21.7 Å². The van der Waals surface area contributed by atoms with E-state index in [1.807, 2.05) is 0 Å². The number of esters is 1. The number of carbonyl (C=O) groups is 2. The first-order valence-electron chi connectivity index (χ1n) is 7.79. The minimum atomic E-state index is -3.65. The van der Waals surface area contributed by atoms with Crippen LogP contribution in [0.2, 0.25) is 0 Å². The van der Waals surface area contributed by atoms with Crippen LogP contribution in [-0.2, 0) is 25.1 Å². The Kier molecular flexibility index (Phi) is 6.35. The fourth-order valence-corrected chi connectivity index (χ4v) is 3.50. The molecule has 8 heteroatoms. The quantitative estimate of drug-likeness (QED) is 0.558. The summed E-state index contributed by atoms with van der Waals surface area (Å²) < 4.78 is 35.0. The maximum atomic E-state index is 12.5. The smallest absolute Gasteiger partial charge is 0.375 e. The molecule has 138 valence electrons. The first-order chi connectivity index (χ1) is 12.3. The molecule has 0 fully saturated rings. The van der Waals surface area contributed by atoms with Crippen LogP contribution < -0.4 is 5.32 Å². The lowest BCUT2D eigenvalue weighted by Crippen LogP contribution is -2.35. The number of ether oxygens (including phenoxy) is 1. The highest BCUT2D eigenvalue weighted by atomic mass is 32.2. The zero-order chi connectivity index (χ0) is 19.2. The normalized spacial score (nSPS) is 12.2. The van der Waals surface area contributed by atoms with Crippen LogP contribution in [0.4, 0.5) is 0 Å². The number of carbonyl (C=O) groups excluding carboxylic acids is 2. The number of benzene rings is 1. The van der Waals surface area contributed by atoms with Gasteiger partial charge in [0.1, 0.15) is 0 Å². The Morgan fingerprint density at radius 2 is 1.96 bits per heavy atom. The van der Waals surface area contributed by atoms with Gasteiger partial charge in [-0.15, -0.1) is 6.58 Å². The molecule has 1 unspecified atom stereocenters. The Labute approximate surface area is 151 Å². The van der Waals surface area contributed by atoms with E-state index in [1.54, 1.807) is 18.2 Å². The Balaban J connectivity index is 2.11. The molecule has 0 bridgehead atoms. The Bertz CT molecular complexity index is 885. The van der Waals surface area contributed by atoms with Crippen molar-refractivity contribution in [1.82, 2.24) is 5.32 Å². The highest BCUT2D eigenvalue weighted by Gasteiger charge is 2.26. The van der Waals surface area contributed by atoms with Crippen molar-refractivity contribution in [2.24, 2.45) is 0 Å². The summed E-state index contributed by atoms with van der Waals surface area (Å²) in [5, 5.41) is 2.50. The zero-order valence-electron chi connectivity index (χ0n) is 14.2. The van der Waals surface area contributed by atoms with Crippen molar-refractivity contribution in [3.8, 4) is 0 Å². The van der Waals surface area contributed by atoms with Crippen LogP contribution in [0.5, 0.6) is 0 Å². The van der Waals surface area contributed by atoms with Gasteiger partial charge in [-0.25, -0.2) is 13.2 Å². The summed E-state index contributed by atoms with van der Waals surface area (Å²) in [6.07, 6.45) is 1.63. The van der Waals surface area contributed by atoms with Crippen LogP contribution in [0.1, 0.15) is 23.0 Å². The van der Waals surface area contributed by atoms with Crippen molar-refractivity contribution in [3.63, 3.8) is 0 Å². The van der Waals surface area contributed by atoms with E-state index >= 15 is 0 Å². The number of furan rings is 1. The van der Waals surface area contributed by atoms with Crippen LogP contribution in [0.25, 0.3) is 0 Å². The molecule has 0 aliphatic carbocycles. The monoisotopic (exact) mass is 377 g/mol. The Hall–Kier alpha value is -2.87. The molecule has 26 heavy (non-hydrogen) atoms. The van der Waals surface area contributed by atoms with Gasteiger partial charge in [0.15, 0.2) is 15.9 Å². The highest BCUT2D eigenvalue weighted by molar-refractivity contribution is 7.90. The van der Waals surface area contributed by atoms with Gasteiger partial charge >= 0.3 is 5.97 Å². The minimum absolute atomic E-state index is 0.137. The third-order valence-electron chi connectivity index (χ3n) is 3.45. The summed E-state index contributed by atoms with van der Waals surface area (Å²) in [6, 6.07) is 9.26. The van der Waals surface area contributed by atoms with Crippen LogP contribution >= 0.6 is 0 Å². The standard InChI is InChI=1S/C18H19NO6S/c1-3-10-19-17(20)13(2)25-18(21)16-14(9-11-24-16)12-26(22,23)15-7-5-4-6-8-15/h3-9,11,13H,1,10,12H2,2H3,(H,19,20). The van der Waals surface area contributed by atoms with Crippen molar-refractivity contribution in [1.29, 1.82) is 0 Å². The fourth-order valence-electron chi connectivity index (χ4n) is 2.13. The molecule has 7 nitrogen and oxygen atoms in total. The molecule has 0 aliphatic heterocycles. The molecule has 0 saturated heterocycles. The third-order valence-corrected chi connectivity index (χ3v) is 5.14. The molecule has 0 spiro atoms. The van der Waals surface area contributed by atoms with Gasteiger partial charge in [-0.05, 0) is 25.1 Å². The van der Waals surface area contributed by atoms with Crippen LogP contribution in [0, 0.1) is 0 Å². The molecular formula is C18H19NO6S. The lowest BCUT2D eigenvalue weighted by atomic mass is 10.3. The summed E-state index contributed by atoms with van der Waals surface area (Å²) in [5.41, 5.74) is 0.164. The number of nitrogens with one attached hydrogen (secondary N) is 1. The SMILES string of the molecule is C=CCNC(=O)C(C)OC(=O)c1occc1CS(=O)(=O)c1ccccc1. The summed E-state index contributed by atoms with van der Waals surface area (Å²) in [5.74, 6) is -2.07. The number of amides is 1. The lowest BCUT2D eigenvalue weighted by Gasteiger charge is -2.12. The number of hydrogen-bond acceptors (Lipinski definition) is 6. The van der Waals surface area contributed by atoms with E-state index in [4.69, 9.17) is 9.15 Å². The van der Waals surface area contributed by atoms with Gasteiger partial charge in [-0.2, -0.15) is 0 Å². The minimum Gasteiger partial charge on any atom is -0.457 e. The largest absolute Gasteiger partial charge is 0.457 e. The van der Waals surface area contributed by atoms with E-state index in [1.165, 1.54) is 37.5 Å². The number of rotatable bonds is 8. The molecule has 0 aliphatic rings. The van der Waals surface area contributed by atoms with Gasteiger partial charge in [0.2, 0.25) is 5.76 Å². The van der Waals surface area contributed by atoms with E-state index in [2.05, 4.69) is 11.9 Å². The predicted octanol–water partition coefficient (Wildman–Crippen LogP) is 2.10. The fraction of sp³-hybridized carbons (Fsp3) is 0.222. The van der Waals surface area contributed by atoms with Crippen molar-refractivity contribution < 1.29 is 27.2 Å². The second kappa shape index (κ2) is 8.48. The Morgan fingerprint density at radius 1 is 1.27 bits per heavy atom. The van der Waals surface area contributed by atoms with Crippen molar-refractivity contribution in [2.75, 3.05) is 6.54 Å². The summed E-state index contributed by atoms with van der Waals surface area (Å²) in [4.78, 5) is 24.1. The van der Waals surface area contributed by atoms with Gasteiger partial charge in [-0.3, -0.25) is 4.79 Å². The topological polar surface area (TPSA) is 103 Å². The molecule has 1 N–H and O–H groups in total. The second-order valence-corrected chi connectivity index (χ2v) is 7.42. The lowest BCUT2D eigenvalue weighted by molar-refractivity contribution is -0.128. The second-order valence-electron chi connectivity index (χ2n) is 5.43. The highest BCUT2D eigenvalue weighted by Crippen LogP contribution is 2.20. The van der Waals surface area contributed by atoms with Crippen LogP contribution in [-0.4, -0.2) is 32.9 Å². The molecule has 2 aromatic rings. The first-order valence-corrected chi connectivity index (χ1v) is 9.44. The maximum absolute atomic E-state index is 12.5. The predicted molar refractivity (Wildman–Crippen MR) is 94.1 cm³/mol. The molecule has 1 heterocycles. The van der Waals surface area contributed by atoms with E-state index in [-0.39, 0.29) is 22.8 Å². The van der Waals surface area contributed by atoms with Crippen molar-refractivity contribution in [2.45, 2.75) is 23.7 Å². The maximum Gasteiger partial charge on any atom is 0.375 e. The molecule has 1 amide bonds. The van der Waals surface area contributed by atoms with Gasteiger partial charge < -0.3 is 14.5 Å². The van der Waals surface area contributed by atoms with Gasteiger partial charge in [0.05, 0.1) is 16.9 Å². The van der Waals surface area contributed by atoms with E-state index < -0.39 is 33.6 Å². The molecule has 1 aromatic heterocycles. The van der Waals surface area contributed by atoms with E-state index in [9.17, 15) is 18.0 Å². The molecular weight excluding hydrogens is 358 g/mol. The van der Waals surface area contributed by atoms with E-state index in [0.717, 1.165) is 0 Å². The van der Waals surface area contributed by atoms with Crippen LogP contribution in [0.15, 0.2) is 64.6 Å². The first kappa shape index (κ1) is 19.5. The van der Waals surface area contributed by atoms with Crippen molar-refractivity contribution in [3.05, 3.63) is 66.6 Å². The van der Waals surface area contributed by atoms with E-state index in [0.29, 0.717) is 0 Å². The number of sulfone groups is 1. The summed E-state index contributed by atoms with van der Waals surface area (Å²) >= 11 is 0. The average molecular weight is 377 g/mol. The summed E-state index contributed by atoms with van der Waals surface area (Å²) in [6.45, 7) is 5.11. The number of hydrogen-bond donors (Lipinski definition) is 1. The third kappa shape index (κ3) is 4.82. The van der Waals surface area contributed by atoms with Crippen LogP contribution in [0.3, 0.4) is 0 Å².